The van der Waals surface area contributed by atoms with E-state index in [0.29, 0.717) is 6.61 Å². The minimum Gasteiger partial charge on any atom is -0.486 e. The second-order valence-electron chi connectivity index (χ2n) is 4.27. The van der Waals surface area contributed by atoms with Gasteiger partial charge in [-0.05, 0) is 30.3 Å². The van der Waals surface area contributed by atoms with Crippen LogP contribution in [-0.4, -0.2) is 17.0 Å². The van der Waals surface area contributed by atoms with Crippen LogP contribution in [0.3, 0.4) is 0 Å². The molecule has 0 fully saturated rings. The molecule has 1 aromatic heterocycles. The number of benzene rings is 2. The number of nitrogens with zero attached hydrogens (tertiary/aromatic N) is 1. The number of imidazole rings is 1. The molecule has 2 aromatic carbocycles. The van der Waals surface area contributed by atoms with Crippen molar-refractivity contribution in [3.05, 3.63) is 54.4 Å². The molecule has 19 heavy (non-hydrogen) atoms. The molecule has 0 unspecified atom stereocenters. The van der Waals surface area contributed by atoms with Crippen molar-refractivity contribution in [2.75, 3.05) is 12.4 Å². The van der Waals surface area contributed by atoms with E-state index in [1.165, 1.54) is 0 Å². The number of H-pyrrole nitrogens is 1. The van der Waals surface area contributed by atoms with Crippen molar-refractivity contribution in [3.63, 3.8) is 0 Å². The molecule has 0 aliphatic heterocycles. The van der Waals surface area contributed by atoms with Crippen LogP contribution in [0.5, 0.6) is 5.75 Å². The summed E-state index contributed by atoms with van der Waals surface area (Å²) in [6.07, 6.45) is 0. The first-order valence-corrected chi connectivity index (χ1v) is 6.19. The molecule has 0 bridgehead atoms. The minimum absolute atomic E-state index is 0.438. The molecule has 1 heterocycles. The van der Waals surface area contributed by atoms with Crippen molar-refractivity contribution in [2.45, 2.75) is 6.61 Å². The van der Waals surface area contributed by atoms with Gasteiger partial charge >= 0.3 is 0 Å². The van der Waals surface area contributed by atoms with Gasteiger partial charge in [0.1, 0.15) is 18.2 Å². The number of hydrogen-bond acceptors (Lipinski definition) is 3. The molecule has 0 radical (unpaired) electrons. The summed E-state index contributed by atoms with van der Waals surface area (Å²) < 4.78 is 5.67. The summed E-state index contributed by atoms with van der Waals surface area (Å²) in [5, 5.41) is 3.11. The number of aromatic nitrogens is 2. The molecule has 96 valence electrons. The summed E-state index contributed by atoms with van der Waals surface area (Å²) >= 11 is 0. The zero-order valence-corrected chi connectivity index (χ0v) is 10.7. The van der Waals surface area contributed by atoms with Gasteiger partial charge in [0.25, 0.3) is 0 Å². The van der Waals surface area contributed by atoms with E-state index in [4.69, 9.17) is 4.74 Å². The van der Waals surface area contributed by atoms with Gasteiger partial charge in [-0.15, -0.1) is 0 Å². The van der Waals surface area contributed by atoms with Crippen molar-refractivity contribution in [1.82, 2.24) is 9.97 Å². The Morgan fingerprint density at radius 1 is 1.16 bits per heavy atom. The molecular weight excluding hydrogens is 238 g/mol. The Labute approximate surface area is 111 Å². The van der Waals surface area contributed by atoms with E-state index in [1.54, 1.807) is 0 Å². The van der Waals surface area contributed by atoms with Crippen LogP contribution in [0.4, 0.5) is 5.69 Å². The lowest BCUT2D eigenvalue weighted by atomic mass is 10.3. The molecule has 0 aliphatic carbocycles. The van der Waals surface area contributed by atoms with E-state index >= 15 is 0 Å². The first-order chi connectivity index (χ1) is 9.35. The number of rotatable bonds is 4. The van der Waals surface area contributed by atoms with Gasteiger partial charge < -0.3 is 15.0 Å². The molecule has 0 saturated carbocycles. The Kier molecular flexibility index (Phi) is 3.06. The molecule has 0 amide bonds. The molecule has 4 nitrogen and oxygen atoms in total. The third-order valence-corrected chi connectivity index (χ3v) is 2.94. The van der Waals surface area contributed by atoms with E-state index in [-0.39, 0.29) is 0 Å². The summed E-state index contributed by atoms with van der Waals surface area (Å²) in [4.78, 5) is 7.76. The molecular formula is C15H15N3O. The molecule has 0 saturated heterocycles. The van der Waals surface area contributed by atoms with E-state index in [1.807, 2.05) is 55.6 Å². The maximum Gasteiger partial charge on any atom is 0.146 e. The number of hydrogen-bond donors (Lipinski definition) is 2. The highest BCUT2D eigenvalue weighted by atomic mass is 16.5. The topological polar surface area (TPSA) is 49.9 Å². The predicted octanol–water partition coefficient (Wildman–Crippen LogP) is 3.18. The normalized spacial score (nSPS) is 10.6. The van der Waals surface area contributed by atoms with E-state index in [9.17, 15) is 0 Å². The maximum atomic E-state index is 5.67. The quantitative estimate of drug-likeness (QED) is 0.750. The number of aromatic amines is 1. The Hall–Kier alpha value is -2.49. The van der Waals surface area contributed by atoms with Crippen molar-refractivity contribution < 1.29 is 4.74 Å². The lowest BCUT2D eigenvalue weighted by molar-refractivity contribution is 0.297. The molecule has 0 spiro atoms. The number of anilines is 1. The molecule has 0 aliphatic rings. The smallest absolute Gasteiger partial charge is 0.146 e. The van der Waals surface area contributed by atoms with Crippen molar-refractivity contribution in [1.29, 1.82) is 0 Å². The van der Waals surface area contributed by atoms with E-state index < -0.39 is 0 Å². The van der Waals surface area contributed by atoms with Crippen LogP contribution in [0, 0.1) is 0 Å². The first kappa shape index (κ1) is 11.6. The Morgan fingerprint density at radius 3 is 2.79 bits per heavy atom. The fourth-order valence-corrected chi connectivity index (χ4v) is 1.95. The molecule has 0 atom stereocenters. The second kappa shape index (κ2) is 5.02. The highest BCUT2D eigenvalue weighted by molar-refractivity contribution is 5.79. The van der Waals surface area contributed by atoms with Crippen LogP contribution >= 0.6 is 0 Å². The van der Waals surface area contributed by atoms with Gasteiger partial charge in [-0.25, -0.2) is 4.98 Å². The molecule has 3 aromatic rings. The largest absolute Gasteiger partial charge is 0.486 e. The van der Waals surface area contributed by atoms with E-state index in [2.05, 4.69) is 15.3 Å². The third-order valence-electron chi connectivity index (χ3n) is 2.94. The van der Waals surface area contributed by atoms with Gasteiger partial charge in [0.05, 0.1) is 11.0 Å². The zero-order chi connectivity index (χ0) is 13.1. The number of ether oxygens (including phenoxy) is 1. The SMILES string of the molecule is CNc1ccc2nc(COc3ccccc3)[nH]c2c1. The summed E-state index contributed by atoms with van der Waals surface area (Å²) in [5.74, 6) is 1.67. The first-order valence-electron chi connectivity index (χ1n) is 6.19. The van der Waals surface area contributed by atoms with Crippen LogP contribution in [0.25, 0.3) is 11.0 Å². The molecule has 4 heteroatoms. The van der Waals surface area contributed by atoms with Gasteiger partial charge in [-0.2, -0.15) is 0 Å². The number of nitrogens with one attached hydrogen (secondary N) is 2. The monoisotopic (exact) mass is 253 g/mol. The Balaban J connectivity index is 1.78. The maximum absolute atomic E-state index is 5.67. The number of fused-ring (bicyclic) bond motifs is 1. The average molecular weight is 253 g/mol. The summed E-state index contributed by atoms with van der Waals surface area (Å²) in [7, 11) is 1.90. The Bertz CT molecular complexity index is 676. The van der Waals surface area contributed by atoms with Crippen molar-refractivity contribution in [3.8, 4) is 5.75 Å². The number of para-hydroxylation sites is 1. The second-order valence-corrected chi connectivity index (χ2v) is 4.27. The highest BCUT2D eigenvalue weighted by Crippen LogP contribution is 2.18. The van der Waals surface area contributed by atoms with Gasteiger partial charge in [-0.1, -0.05) is 18.2 Å². The fourth-order valence-electron chi connectivity index (χ4n) is 1.95. The summed E-state index contributed by atoms with van der Waals surface area (Å²) in [6, 6.07) is 15.8. The molecule has 2 N–H and O–H groups in total. The highest BCUT2D eigenvalue weighted by Gasteiger charge is 2.04. The van der Waals surface area contributed by atoms with Gasteiger partial charge in [0.15, 0.2) is 0 Å². The minimum atomic E-state index is 0.438. The fraction of sp³-hybridized carbons (Fsp3) is 0.133. The van der Waals surface area contributed by atoms with E-state index in [0.717, 1.165) is 28.3 Å². The van der Waals surface area contributed by atoms with Gasteiger partial charge in [0, 0.05) is 12.7 Å². The lowest BCUT2D eigenvalue weighted by Gasteiger charge is -2.02. The van der Waals surface area contributed by atoms with Crippen LogP contribution in [0.2, 0.25) is 0 Å². The van der Waals surface area contributed by atoms with Gasteiger partial charge in [0.2, 0.25) is 0 Å². The van der Waals surface area contributed by atoms with Crippen LogP contribution in [0.1, 0.15) is 5.82 Å². The molecule has 3 rings (SSSR count). The van der Waals surface area contributed by atoms with Crippen LogP contribution in [-0.2, 0) is 6.61 Å². The summed E-state index contributed by atoms with van der Waals surface area (Å²) in [6.45, 7) is 0.438. The van der Waals surface area contributed by atoms with Crippen LogP contribution < -0.4 is 10.1 Å². The Morgan fingerprint density at radius 2 is 2.00 bits per heavy atom. The predicted molar refractivity (Wildman–Crippen MR) is 76.4 cm³/mol. The van der Waals surface area contributed by atoms with Crippen LogP contribution in [0.15, 0.2) is 48.5 Å². The zero-order valence-electron chi connectivity index (χ0n) is 10.7. The summed E-state index contributed by atoms with van der Waals surface area (Å²) in [5.41, 5.74) is 3.02. The van der Waals surface area contributed by atoms with Crippen molar-refractivity contribution >= 4 is 16.7 Å². The van der Waals surface area contributed by atoms with Crippen molar-refractivity contribution in [2.24, 2.45) is 0 Å². The lowest BCUT2D eigenvalue weighted by Crippen LogP contribution is -1.96. The standard InChI is InChI=1S/C15H15N3O/c1-16-11-7-8-13-14(9-11)18-15(17-13)10-19-12-5-3-2-4-6-12/h2-9,16H,10H2,1H3,(H,17,18). The average Bonchev–Trinajstić information content (AvgIpc) is 2.88. The third kappa shape index (κ3) is 2.52. The van der Waals surface area contributed by atoms with Gasteiger partial charge in [-0.3, -0.25) is 0 Å².